The normalized spacial score (nSPS) is 21.3. The molecule has 5 aromatic rings. The molecular weight excluding hydrogens is 621 g/mol. The van der Waals surface area contributed by atoms with Crippen LogP contribution in [0.15, 0.2) is 59.8 Å². The Kier molecular flexibility index (Phi) is 7.49. The lowest BCUT2D eigenvalue weighted by molar-refractivity contribution is -0.154. The molecule has 3 fully saturated rings. The Labute approximate surface area is 262 Å². The molecule has 4 heterocycles. The Morgan fingerprint density at radius 1 is 1.09 bits per heavy atom. The van der Waals surface area contributed by atoms with E-state index in [-0.39, 0.29) is 69.1 Å². The van der Waals surface area contributed by atoms with Crippen LogP contribution in [0.2, 0.25) is 0 Å². The molecule has 2 atom stereocenters. The molecule has 1 N–H and O–H groups in total. The highest BCUT2D eigenvalue weighted by Crippen LogP contribution is 2.47. The lowest BCUT2D eigenvalue weighted by Crippen LogP contribution is -2.52. The Morgan fingerprint density at radius 3 is 2.50 bits per heavy atom. The molecular formula is C32H31F3N6O4S. The van der Waals surface area contributed by atoms with E-state index in [1.54, 1.807) is 19.1 Å². The summed E-state index contributed by atoms with van der Waals surface area (Å²) in [6, 6.07) is 9.67. The quantitative estimate of drug-likeness (QED) is 0.198. The van der Waals surface area contributed by atoms with E-state index >= 15 is 0 Å². The number of aromatic nitrogens is 5. The van der Waals surface area contributed by atoms with Crippen molar-refractivity contribution >= 4 is 38.4 Å². The van der Waals surface area contributed by atoms with Crippen molar-refractivity contribution in [2.75, 3.05) is 11.9 Å². The van der Waals surface area contributed by atoms with Crippen molar-refractivity contribution in [3.8, 4) is 11.4 Å². The fourth-order valence-electron chi connectivity index (χ4n) is 7.03. The van der Waals surface area contributed by atoms with E-state index in [4.69, 9.17) is 9.72 Å². The van der Waals surface area contributed by atoms with Crippen LogP contribution in [0, 0.1) is 30.5 Å². The van der Waals surface area contributed by atoms with Gasteiger partial charge in [0.15, 0.2) is 17.3 Å². The van der Waals surface area contributed by atoms with E-state index in [0.717, 1.165) is 52.0 Å². The zero-order valence-corrected chi connectivity index (χ0v) is 25.8. The summed E-state index contributed by atoms with van der Waals surface area (Å²) >= 11 is 0. The Hall–Kier alpha value is -4.46. The molecule has 0 amide bonds. The number of aryl methyl sites for hydroxylation is 1. The van der Waals surface area contributed by atoms with Gasteiger partial charge in [0.25, 0.3) is 16.4 Å². The third-order valence-electron chi connectivity index (χ3n) is 9.24. The second-order valence-corrected chi connectivity index (χ2v) is 13.8. The Balaban J connectivity index is 1.41. The molecule has 3 aliphatic rings. The average molecular weight is 653 g/mol. The van der Waals surface area contributed by atoms with Crippen LogP contribution in [0.25, 0.3) is 27.9 Å². The molecule has 3 saturated carbocycles. The van der Waals surface area contributed by atoms with Gasteiger partial charge in [-0.25, -0.2) is 40.0 Å². The van der Waals surface area contributed by atoms with Crippen molar-refractivity contribution in [3.05, 3.63) is 71.9 Å². The predicted molar refractivity (Wildman–Crippen MR) is 163 cm³/mol. The number of hydrogen-bond donors (Lipinski definition) is 1. The van der Waals surface area contributed by atoms with Gasteiger partial charge in [0, 0.05) is 23.2 Å². The number of anilines is 1. The minimum atomic E-state index is -4.21. The van der Waals surface area contributed by atoms with Crippen molar-refractivity contribution in [1.82, 2.24) is 23.6 Å². The molecule has 4 aromatic heterocycles. The summed E-state index contributed by atoms with van der Waals surface area (Å²) < 4.78 is 78.0. The molecule has 1 aromatic carbocycles. The van der Waals surface area contributed by atoms with Gasteiger partial charge in [-0.2, -0.15) is 0 Å². The number of nitrogens with zero attached hydrogens (tertiary/aromatic N) is 5. The van der Waals surface area contributed by atoms with Gasteiger partial charge >= 0.3 is 5.97 Å². The fourth-order valence-corrected chi connectivity index (χ4v) is 8.36. The molecule has 0 radical (unpaired) electrons. The predicted octanol–water partition coefficient (Wildman–Crippen LogP) is 6.15. The standard InChI is InChI=1S/C32H31F3N6O4S/c1-3-45-32(42)26-18-6-8-19(9-7-18)27(26)37-30-25-13-12-24(28(34)35)41(25)39-29(38-30)23-16-40(31-22(23)14-20(33)15-36-31)46(43,44)21-10-4-17(2)5-11-21/h4-5,10-16,18-19,26-28H,3,6-9H2,1-2H3,(H,37,38,39)/t18?,19?,26-,27-/m0/s1. The molecule has 14 heteroatoms. The number of pyridine rings is 1. The van der Waals surface area contributed by atoms with Gasteiger partial charge in [0.2, 0.25) is 0 Å². The van der Waals surface area contributed by atoms with Crippen LogP contribution in [0.1, 0.15) is 50.3 Å². The average Bonchev–Trinajstić information content (AvgIpc) is 3.64. The number of nitrogens with one attached hydrogen (secondary N) is 1. The first-order valence-electron chi connectivity index (χ1n) is 15.2. The van der Waals surface area contributed by atoms with E-state index < -0.39 is 33.9 Å². The minimum Gasteiger partial charge on any atom is -0.466 e. The fraction of sp³-hybridized carbons (Fsp3) is 0.375. The van der Waals surface area contributed by atoms with Gasteiger partial charge in [0.1, 0.15) is 17.0 Å². The first kappa shape index (κ1) is 30.2. The SMILES string of the molecule is CCOC(=O)[C@H]1C2CCC(CC2)[C@@H]1Nc1nc(-c2cn(S(=O)(=O)c3ccc(C)cc3)c3ncc(F)cc23)nn2c(C(F)F)ccc12. The zero-order valence-electron chi connectivity index (χ0n) is 25.0. The Bertz CT molecular complexity index is 2070. The molecule has 8 rings (SSSR count). The van der Waals surface area contributed by atoms with Gasteiger partial charge < -0.3 is 10.1 Å². The van der Waals surface area contributed by atoms with Crippen molar-refractivity contribution in [3.63, 3.8) is 0 Å². The number of carbonyl (C=O) groups excluding carboxylic acids is 1. The number of halogens is 3. The molecule has 0 saturated heterocycles. The number of carbonyl (C=O) groups is 1. The zero-order chi connectivity index (χ0) is 32.3. The van der Waals surface area contributed by atoms with Crippen molar-refractivity contribution in [1.29, 1.82) is 0 Å². The maximum atomic E-state index is 14.6. The number of fused-ring (bicyclic) bond motifs is 5. The monoisotopic (exact) mass is 652 g/mol. The maximum Gasteiger partial charge on any atom is 0.311 e. The van der Waals surface area contributed by atoms with E-state index in [0.29, 0.717) is 0 Å². The number of esters is 1. The number of rotatable bonds is 8. The van der Waals surface area contributed by atoms with Crippen molar-refractivity contribution in [2.24, 2.45) is 17.8 Å². The summed E-state index contributed by atoms with van der Waals surface area (Å²) in [4.78, 5) is 21.9. The summed E-state index contributed by atoms with van der Waals surface area (Å²) in [5.41, 5.74) is 0.696. The number of hydrogen-bond acceptors (Lipinski definition) is 8. The van der Waals surface area contributed by atoms with E-state index in [2.05, 4.69) is 15.4 Å². The van der Waals surface area contributed by atoms with Gasteiger partial charge in [-0.15, -0.1) is 5.10 Å². The summed E-state index contributed by atoms with van der Waals surface area (Å²) in [5, 5.41) is 7.89. The van der Waals surface area contributed by atoms with Crippen LogP contribution in [0.4, 0.5) is 19.0 Å². The van der Waals surface area contributed by atoms with Crippen LogP contribution in [-0.2, 0) is 19.6 Å². The van der Waals surface area contributed by atoms with Gasteiger partial charge in [-0.05, 0) is 81.7 Å². The van der Waals surface area contributed by atoms with Crippen LogP contribution in [-0.4, -0.2) is 50.6 Å². The molecule has 0 spiro atoms. The lowest BCUT2D eigenvalue weighted by Gasteiger charge is -2.47. The third-order valence-corrected chi connectivity index (χ3v) is 10.9. The molecule has 46 heavy (non-hydrogen) atoms. The van der Waals surface area contributed by atoms with Crippen LogP contribution >= 0.6 is 0 Å². The lowest BCUT2D eigenvalue weighted by atomic mass is 9.61. The molecule has 0 aliphatic heterocycles. The number of benzene rings is 1. The summed E-state index contributed by atoms with van der Waals surface area (Å²) in [6.07, 6.45) is 2.82. The highest BCUT2D eigenvalue weighted by molar-refractivity contribution is 7.90. The number of ether oxygens (including phenoxy) is 1. The Morgan fingerprint density at radius 2 is 1.80 bits per heavy atom. The molecule has 3 aliphatic carbocycles. The number of alkyl halides is 2. The molecule has 2 bridgehead atoms. The second-order valence-electron chi connectivity index (χ2n) is 11.9. The van der Waals surface area contributed by atoms with E-state index in [1.807, 2.05) is 6.92 Å². The van der Waals surface area contributed by atoms with Crippen LogP contribution in [0.3, 0.4) is 0 Å². The summed E-state index contributed by atoms with van der Waals surface area (Å²) in [6.45, 7) is 3.81. The topological polar surface area (TPSA) is 120 Å². The second kappa shape index (κ2) is 11.4. The smallest absolute Gasteiger partial charge is 0.311 e. The van der Waals surface area contributed by atoms with Crippen LogP contribution in [0.5, 0.6) is 0 Å². The minimum absolute atomic E-state index is 0.0193. The highest BCUT2D eigenvalue weighted by Gasteiger charge is 2.48. The molecule has 0 unspecified atom stereocenters. The van der Waals surface area contributed by atoms with Crippen molar-refractivity contribution < 1.29 is 31.1 Å². The van der Waals surface area contributed by atoms with E-state index in [1.165, 1.54) is 30.5 Å². The summed E-state index contributed by atoms with van der Waals surface area (Å²) in [5.74, 6) is -1.19. The maximum absolute atomic E-state index is 14.6. The highest BCUT2D eigenvalue weighted by atomic mass is 32.2. The summed E-state index contributed by atoms with van der Waals surface area (Å²) in [7, 11) is -4.21. The van der Waals surface area contributed by atoms with Crippen molar-refractivity contribution in [2.45, 2.75) is 56.9 Å². The van der Waals surface area contributed by atoms with Crippen LogP contribution < -0.4 is 5.32 Å². The van der Waals surface area contributed by atoms with Gasteiger partial charge in [-0.1, -0.05) is 17.7 Å². The van der Waals surface area contributed by atoms with Gasteiger partial charge in [-0.3, -0.25) is 4.79 Å². The molecule has 240 valence electrons. The first-order chi connectivity index (χ1) is 22.1. The molecule has 10 nitrogen and oxygen atoms in total. The van der Waals surface area contributed by atoms with E-state index in [9.17, 15) is 26.4 Å². The largest absolute Gasteiger partial charge is 0.466 e. The van der Waals surface area contributed by atoms with Gasteiger partial charge in [0.05, 0.1) is 23.6 Å². The first-order valence-corrected chi connectivity index (χ1v) is 16.6. The third kappa shape index (κ3) is 4.99.